The number of carbonyl (C=O) groups is 4. The summed E-state index contributed by atoms with van der Waals surface area (Å²) in [4.78, 5) is 41.7. The van der Waals surface area contributed by atoms with E-state index in [1.807, 2.05) is 20.8 Å². The first kappa shape index (κ1) is 34.8. The normalized spacial score (nSPS) is 27.2. The summed E-state index contributed by atoms with van der Waals surface area (Å²) in [5, 5.41) is 0. The molecule has 0 aromatic carbocycles. The average Bonchev–Trinajstić information content (AvgIpc) is 3.67. The van der Waals surface area contributed by atoms with Gasteiger partial charge in [0.15, 0.2) is 36.7 Å². The van der Waals surface area contributed by atoms with Gasteiger partial charge < -0.3 is 47.4 Å². The van der Waals surface area contributed by atoms with E-state index in [1.54, 1.807) is 13.8 Å². The van der Waals surface area contributed by atoms with Crippen LogP contribution < -0.4 is 0 Å². The molecule has 3 saturated heterocycles. The second-order valence-electron chi connectivity index (χ2n) is 8.05. The zero-order chi connectivity index (χ0) is 28.4. The predicted molar refractivity (Wildman–Crippen MR) is 127 cm³/mol. The summed E-state index contributed by atoms with van der Waals surface area (Å²) in [7, 11) is 4.01. The minimum absolute atomic E-state index is 0.237. The first-order valence-electron chi connectivity index (χ1n) is 12.0. The van der Waals surface area contributed by atoms with Crippen LogP contribution in [0.25, 0.3) is 0 Å². The summed E-state index contributed by atoms with van der Waals surface area (Å²) in [5.41, 5.74) is 0. The van der Waals surface area contributed by atoms with Crippen LogP contribution in [0.4, 0.5) is 0 Å². The van der Waals surface area contributed by atoms with Gasteiger partial charge in [0.1, 0.15) is 6.29 Å². The summed E-state index contributed by atoms with van der Waals surface area (Å²) >= 11 is 0. The van der Waals surface area contributed by atoms with E-state index < -0.39 is 24.1 Å². The average molecular weight is 539 g/mol. The van der Waals surface area contributed by atoms with E-state index in [0.29, 0.717) is 19.6 Å². The van der Waals surface area contributed by atoms with E-state index in [4.69, 9.17) is 28.4 Å². The number of aldehydes is 1. The molecule has 3 rings (SSSR count). The number of methoxy groups -OCH3 is 3. The zero-order valence-corrected chi connectivity index (χ0v) is 23.0. The van der Waals surface area contributed by atoms with Gasteiger partial charge in [-0.25, -0.2) is 14.4 Å². The first-order valence-corrected chi connectivity index (χ1v) is 12.0. The van der Waals surface area contributed by atoms with Gasteiger partial charge in [-0.15, -0.1) is 0 Å². The van der Waals surface area contributed by atoms with Crippen LogP contribution in [0.5, 0.6) is 0 Å². The van der Waals surface area contributed by atoms with E-state index in [0.717, 1.165) is 19.1 Å². The lowest BCUT2D eigenvalue weighted by Gasteiger charge is -2.15. The van der Waals surface area contributed by atoms with Gasteiger partial charge in [-0.05, 0) is 26.7 Å². The molecule has 0 bridgehead atoms. The van der Waals surface area contributed by atoms with Gasteiger partial charge in [-0.2, -0.15) is 0 Å². The van der Waals surface area contributed by atoms with Crippen molar-refractivity contribution in [3.8, 4) is 0 Å². The van der Waals surface area contributed by atoms with Gasteiger partial charge in [0.05, 0.1) is 41.2 Å². The van der Waals surface area contributed by atoms with E-state index in [-0.39, 0.29) is 37.1 Å². The molecular weight excluding hydrogens is 496 g/mol. The number of ether oxygens (including phenoxy) is 9. The van der Waals surface area contributed by atoms with Crippen LogP contribution in [0.3, 0.4) is 0 Å². The molecule has 5 atom stereocenters. The number of rotatable bonds is 6. The number of carbonyl (C=O) groups excluding carboxylic acids is 4. The van der Waals surface area contributed by atoms with Crippen molar-refractivity contribution in [2.75, 3.05) is 41.2 Å². The van der Waals surface area contributed by atoms with Crippen molar-refractivity contribution >= 4 is 24.2 Å². The SMILES string of the molecule is CCC=O.CC[C@@H]1OC[C@H](C(=O)OC)O1.CC[C@H]1OC[C@H](C(=O)OC)O1.COC(=O)[C@H]1COC(C)(C)O1. The highest BCUT2D eigenvalue weighted by Crippen LogP contribution is 2.22. The quantitative estimate of drug-likeness (QED) is 0.273. The molecule has 3 aliphatic rings. The molecule has 3 aliphatic heterocycles. The molecule has 3 heterocycles. The molecule has 0 aliphatic carbocycles. The first-order chi connectivity index (χ1) is 17.5. The van der Waals surface area contributed by atoms with Gasteiger partial charge in [0, 0.05) is 6.42 Å². The van der Waals surface area contributed by atoms with Crippen molar-refractivity contribution in [3.05, 3.63) is 0 Å². The Morgan fingerprint density at radius 3 is 1.38 bits per heavy atom. The van der Waals surface area contributed by atoms with E-state index in [2.05, 4.69) is 14.2 Å². The van der Waals surface area contributed by atoms with Crippen molar-refractivity contribution in [2.24, 2.45) is 0 Å². The Bertz CT molecular complexity index is 648. The highest BCUT2D eigenvalue weighted by atomic mass is 16.8. The molecule has 0 unspecified atom stereocenters. The second-order valence-corrected chi connectivity index (χ2v) is 8.05. The van der Waals surface area contributed by atoms with Crippen molar-refractivity contribution < 1.29 is 61.8 Å². The zero-order valence-electron chi connectivity index (χ0n) is 23.0. The Morgan fingerprint density at radius 1 is 0.757 bits per heavy atom. The summed E-state index contributed by atoms with van der Waals surface area (Å²) in [6.45, 7) is 10.1. The van der Waals surface area contributed by atoms with Gasteiger partial charge >= 0.3 is 17.9 Å². The van der Waals surface area contributed by atoms with E-state index >= 15 is 0 Å². The Labute approximate surface area is 218 Å². The lowest BCUT2D eigenvalue weighted by molar-refractivity contribution is -0.167. The predicted octanol–water partition coefficient (Wildman–Crippen LogP) is 1.53. The molecule has 13 heteroatoms. The van der Waals surface area contributed by atoms with E-state index in [9.17, 15) is 19.2 Å². The van der Waals surface area contributed by atoms with Crippen LogP contribution in [0.1, 0.15) is 53.9 Å². The molecule has 0 radical (unpaired) electrons. The molecule has 0 aromatic heterocycles. The Morgan fingerprint density at radius 2 is 1.14 bits per heavy atom. The number of esters is 3. The summed E-state index contributed by atoms with van der Waals surface area (Å²) in [5.74, 6) is -1.75. The molecule has 0 spiro atoms. The fraction of sp³-hybridized carbons (Fsp3) is 0.833. The smallest absolute Gasteiger partial charge is 0.337 e. The highest BCUT2D eigenvalue weighted by molar-refractivity contribution is 5.75. The van der Waals surface area contributed by atoms with Crippen LogP contribution in [0.15, 0.2) is 0 Å². The molecule has 0 aromatic rings. The van der Waals surface area contributed by atoms with E-state index in [1.165, 1.54) is 21.3 Å². The third kappa shape index (κ3) is 13.8. The maximum absolute atomic E-state index is 10.9. The van der Waals surface area contributed by atoms with Crippen molar-refractivity contribution in [1.29, 1.82) is 0 Å². The summed E-state index contributed by atoms with van der Waals surface area (Å²) in [6, 6.07) is 0. The van der Waals surface area contributed by atoms with Crippen LogP contribution in [-0.2, 0) is 61.8 Å². The second kappa shape index (κ2) is 19.0. The van der Waals surface area contributed by atoms with Crippen molar-refractivity contribution in [2.45, 2.75) is 90.6 Å². The molecular formula is C24H42O13. The monoisotopic (exact) mass is 538 g/mol. The van der Waals surface area contributed by atoms with Gasteiger partial charge in [-0.1, -0.05) is 20.8 Å². The van der Waals surface area contributed by atoms with Crippen molar-refractivity contribution in [3.63, 3.8) is 0 Å². The maximum atomic E-state index is 10.9. The summed E-state index contributed by atoms with van der Waals surface area (Å²) < 4.78 is 44.4. The standard InChI is InChI=1S/3C7H12O4.C3H6O/c1-7(2)10-4-5(11-7)6(8)9-3;2*1-3-6-10-4-5(11-6)7(8)9-2;1-2-3-4/h5H,4H2,1-3H3;2*5-6H,3-4H2,1-2H3;3H,2H2,1H3/t5-;5-,6+;5-,6-;/m111./s1. The van der Waals surface area contributed by atoms with Crippen molar-refractivity contribution in [1.82, 2.24) is 0 Å². The molecule has 0 amide bonds. The Hall–Kier alpha value is -2.16. The third-order valence-electron chi connectivity index (χ3n) is 4.73. The largest absolute Gasteiger partial charge is 0.467 e. The lowest BCUT2D eigenvalue weighted by atomic mass is 10.4. The molecule has 0 N–H and O–H groups in total. The minimum atomic E-state index is -0.654. The molecule has 3 fully saturated rings. The molecule has 13 nitrogen and oxygen atoms in total. The summed E-state index contributed by atoms with van der Waals surface area (Å²) in [6.07, 6.45) is 0.948. The van der Waals surface area contributed by atoms with Crippen LogP contribution in [-0.4, -0.2) is 102 Å². The molecule has 37 heavy (non-hydrogen) atoms. The van der Waals surface area contributed by atoms with Gasteiger partial charge in [0.2, 0.25) is 0 Å². The number of hydrogen-bond acceptors (Lipinski definition) is 13. The lowest BCUT2D eigenvalue weighted by Crippen LogP contribution is -2.27. The third-order valence-corrected chi connectivity index (χ3v) is 4.73. The fourth-order valence-electron chi connectivity index (χ4n) is 2.79. The molecule has 0 saturated carbocycles. The van der Waals surface area contributed by atoms with Crippen LogP contribution in [0, 0.1) is 0 Å². The van der Waals surface area contributed by atoms with Gasteiger partial charge in [0.25, 0.3) is 0 Å². The topological polar surface area (TPSA) is 151 Å². The Kier molecular flexibility index (Phi) is 17.9. The highest BCUT2D eigenvalue weighted by Gasteiger charge is 2.37. The fourth-order valence-corrected chi connectivity index (χ4v) is 2.79. The maximum Gasteiger partial charge on any atom is 0.337 e. The Balaban J connectivity index is 0.000000490. The van der Waals surface area contributed by atoms with Crippen LogP contribution in [0.2, 0.25) is 0 Å². The van der Waals surface area contributed by atoms with Crippen LogP contribution >= 0.6 is 0 Å². The number of hydrogen-bond donors (Lipinski definition) is 0. The van der Waals surface area contributed by atoms with Gasteiger partial charge in [-0.3, -0.25) is 0 Å². The minimum Gasteiger partial charge on any atom is -0.467 e. The molecule has 216 valence electrons.